The van der Waals surface area contributed by atoms with Crippen LogP contribution in [0.3, 0.4) is 0 Å². The van der Waals surface area contributed by atoms with Crippen molar-refractivity contribution in [3.8, 4) is 0 Å². The minimum Gasteiger partial charge on any atom is -0.358 e. The molecular formula is C10H25ClN4O4. The largest absolute Gasteiger partial charge is 0.358 e. The van der Waals surface area contributed by atoms with Crippen molar-refractivity contribution in [1.29, 1.82) is 0 Å². The van der Waals surface area contributed by atoms with Crippen LogP contribution in [-0.2, 0) is 0 Å². The van der Waals surface area contributed by atoms with E-state index in [1.807, 2.05) is 0 Å². The van der Waals surface area contributed by atoms with Gasteiger partial charge in [0.05, 0.1) is 6.54 Å². The summed E-state index contributed by atoms with van der Waals surface area (Å²) in [6, 6.07) is 0. The first-order chi connectivity index (χ1) is 8.86. The summed E-state index contributed by atoms with van der Waals surface area (Å²) < 4.78 is 34.0. The Morgan fingerprint density at radius 1 is 0.895 bits per heavy atom. The summed E-state index contributed by atoms with van der Waals surface area (Å²) in [6.07, 6.45) is 2.38. The van der Waals surface area contributed by atoms with Gasteiger partial charge < -0.3 is 21.3 Å². The minimum absolute atomic E-state index is 0.821. The first-order valence-corrected chi connectivity index (χ1v) is 7.66. The average Bonchev–Trinajstić information content (AvgIpc) is 2.33. The van der Waals surface area contributed by atoms with Gasteiger partial charge in [-0.05, 0) is 19.5 Å². The first kappa shape index (κ1) is 19.0. The van der Waals surface area contributed by atoms with E-state index in [1.165, 1.54) is 45.7 Å². The first-order valence-electron chi connectivity index (χ1n) is 6.42. The molecule has 1 aliphatic heterocycles. The van der Waals surface area contributed by atoms with Crippen molar-refractivity contribution in [2.75, 3.05) is 52.4 Å². The molecule has 0 atom stereocenters. The highest BCUT2D eigenvalue weighted by Gasteiger charge is 2.15. The number of halogens is 1. The van der Waals surface area contributed by atoms with Crippen molar-refractivity contribution in [2.24, 2.45) is 5.73 Å². The van der Waals surface area contributed by atoms with Crippen molar-refractivity contribution >= 4 is 0 Å². The predicted octanol–water partition coefficient (Wildman–Crippen LogP) is -6.17. The summed E-state index contributed by atoms with van der Waals surface area (Å²) in [5.41, 5.74) is 9.37. The number of hydrogen-bond acceptors (Lipinski definition) is 7. The summed E-state index contributed by atoms with van der Waals surface area (Å²) in [6.45, 7) is 9.19. The predicted molar refractivity (Wildman–Crippen MR) is 58.9 cm³/mol. The molecular weight excluding hydrogens is 276 g/mol. The fourth-order valence-corrected chi connectivity index (χ4v) is 1.89. The van der Waals surface area contributed by atoms with Gasteiger partial charge in [0.25, 0.3) is 0 Å². The zero-order valence-corrected chi connectivity index (χ0v) is 12.0. The van der Waals surface area contributed by atoms with Crippen LogP contribution in [0.15, 0.2) is 0 Å². The fraction of sp³-hybridized carbons (Fsp3) is 1.00. The fourth-order valence-electron chi connectivity index (χ4n) is 1.89. The average molecular weight is 301 g/mol. The van der Waals surface area contributed by atoms with Gasteiger partial charge in [-0.1, -0.05) is 0 Å². The van der Waals surface area contributed by atoms with Crippen LogP contribution in [0.2, 0.25) is 0 Å². The van der Waals surface area contributed by atoms with Gasteiger partial charge in [0.1, 0.15) is 0 Å². The highest BCUT2D eigenvalue weighted by atomic mass is 35.7. The Balaban J connectivity index is 0.000000555. The van der Waals surface area contributed by atoms with E-state index in [1.54, 1.807) is 0 Å². The summed E-state index contributed by atoms with van der Waals surface area (Å²) in [7, 11) is -4.94. The van der Waals surface area contributed by atoms with Gasteiger partial charge in [0.15, 0.2) is 0 Å². The van der Waals surface area contributed by atoms with Crippen LogP contribution in [-0.4, -0.2) is 62.2 Å². The Morgan fingerprint density at radius 2 is 1.26 bits per heavy atom. The van der Waals surface area contributed by atoms with Gasteiger partial charge in [0, 0.05) is 39.1 Å². The number of hydrogen-bond donors (Lipinski definition) is 2. The number of nitrogens with zero attached hydrogens (tertiary/aromatic N) is 2. The SMILES string of the molecule is NCCCN1CCN(CCC[NH3+])CC1.[O-][Cl+3]([O-])([O-])[O-]. The Hall–Kier alpha value is -0.0300. The van der Waals surface area contributed by atoms with E-state index in [0.717, 1.165) is 19.5 Å². The smallest absolute Gasteiger partial charge is 0.0752 e. The maximum absolute atomic E-state index is 8.49. The molecule has 0 saturated carbocycles. The van der Waals surface area contributed by atoms with Crippen LogP contribution in [0.4, 0.5) is 0 Å². The monoisotopic (exact) mass is 300 g/mol. The molecule has 0 aliphatic carbocycles. The van der Waals surface area contributed by atoms with Gasteiger partial charge in [0.2, 0.25) is 0 Å². The summed E-state index contributed by atoms with van der Waals surface area (Å²) in [5, 5.41) is 0. The molecule has 0 aromatic rings. The quantitative estimate of drug-likeness (QED) is 0.495. The lowest BCUT2D eigenvalue weighted by molar-refractivity contribution is -2.00. The molecule has 0 radical (unpaired) electrons. The number of piperazine rings is 1. The lowest BCUT2D eigenvalue weighted by Crippen LogP contribution is -2.68. The van der Waals surface area contributed by atoms with Crippen molar-refractivity contribution in [3.63, 3.8) is 0 Å². The maximum Gasteiger partial charge on any atom is 0.0752 e. The Labute approximate surface area is 116 Å². The molecule has 0 bridgehead atoms. The van der Waals surface area contributed by atoms with Crippen molar-refractivity contribution in [1.82, 2.24) is 9.80 Å². The lowest BCUT2D eigenvalue weighted by atomic mass is 10.2. The van der Waals surface area contributed by atoms with E-state index in [0.29, 0.717) is 0 Å². The third-order valence-corrected chi connectivity index (χ3v) is 2.87. The van der Waals surface area contributed by atoms with Gasteiger partial charge >= 0.3 is 0 Å². The molecule has 1 fully saturated rings. The van der Waals surface area contributed by atoms with Gasteiger partial charge in [-0.15, -0.1) is 10.2 Å². The van der Waals surface area contributed by atoms with Crippen LogP contribution in [0.1, 0.15) is 12.8 Å². The molecule has 0 spiro atoms. The summed E-state index contributed by atoms with van der Waals surface area (Å²) in [4.78, 5) is 5.07. The zero-order valence-electron chi connectivity index (χ0n) is 11.3. The van der Waals surface area contributed by atoms with Gasteiger partial charge in [-0.2, -0.15) is 0 Å². The van der Waals surface area contributed by atoms with Crippen LogP contribution >= 0.6 is 0 Å². The van der Waals surface area contributed by atoms with Crippen molar-refractivity contribution < 1.29 is 34.6 Å². The molecule has 116 valence electrons. The minimum atomic E-state index is -4.94. The molecule has 19 heavy (non-hydrogen) atoms. The molecule has 0 aromatic heterocycles. The maximum atomic E-state index is 8.49. The zero-order chi connectivity index (χ0) is 14.7. The van der Waals surface area contributed by atoms with E-state index < -0.39 is 10.2 Å². The number of nitrogens with two attached hydrogens (primary N) is 1. The van der Waals surface area contributed by atoms with Crippen LogP contribution in [0, 0.1) is 10.2 Å². The molecule has 0 amide bonds. The topological polar surface area (TPSA) is 152 Å². The van der Waals surface area contributed by atoms with Crippen molar-refractivity contribution in [3.05, 3.63) is 0 Å². The highest BCUT2D eigenvalue weighted by molar-refractivity contribution is 4.71. The molecule has 1 rings (SSSR count). The second-order valence-electron chi connectivity index (χ2n) is 4.41. The molecule has 1 aliphatic rings. The van der Waals surface area contributed by atoms with Gasteiger partial charge in [-0.3, -0.25) is 0 Å². The second kappa shape index (κ2) is 10.7. The van der Waals surface area contributed by atoms with Crippen LogP contribution in [0.25, 0.3) is 0 Å². The van der Waals surface area contributed by atoms with Crippen LogP contribution in [0.5, 0.6) is 0 Å². The Morgan fingerprint density at radius 3 is 1.58 bits per heavy atom. The van der Waals surface area contributed by atoms with Crippen LogP contribution < -0.4 is 30.1 Å². The number of quaternary nitrogens is 1. The van der Waals surface area contributed by atoms with Gasteiger partial charge in [-0.25, -0.2) is 18.6 Å². The van der Waals surface area contributed by atoms with E-state index in [2.05, 4.69) is 15.5 Å². The third kappa shape index (κ3) is 14.2. The molecule has 0 unspecified atom stereocenters. The van der Waals surface area contributed by atoms with E-state index >= 15 is 0 Å². The van der Waals surface area contributed by atoms with E-state index in [-0.39, 0.29) is 0 Å². The summed E-state index contributed by atoms with van der Waals surface area (Å²) >= 11 is 0. The number of rotatable bonds is 6. The summed E-state index contributed by atoms with van der Waals surface area (Å²) in [5.74, 6) is 0. The standard InChI is InChI=1S/C10H24N4.ClHO4/c11-3-1-5-13-7-9-14(10-8-13)6-2-4-12;2-1(3,4)5/h1-12H2;(H,2,3,4,5). The second-order valence-corrected chi connectivity index (χ2v) is 5.17. The van der Waals surface area contributed by atoms with E-state index in [4.69, 9.17) is 24.4 Å². The molecule has 9 heteroatoms. The third-order valence-electron chi connectivity index (χ3n) is 2.87. The molecule has 0 aromatic carbocycles. The molecule has 1 saturated heterocycles. The highest BCUT2D eigenvalue weighted by Crippen LogP contribution is 2.02. The molecule has 1 heterocycles. The van der Waals surface area contributed by atoms with E-state index in [9.17, 15) is 0 Å². The molecule has 5 N–H and O–H groups in total. The Bertz CT molecular complexity index is 188. The Kier molecular flexibility index (Phi) is 10.7. The molecule has 8 nitrogen and oxygen atoms in total. The normalized spacial score (nSPS) is 18.0. The van der Waals surface area contributed by atoms with Crippen molar-refractivity contribution in [2.45, 2.75) is 12.8 Å². The lowest BCUT2D eigenvalue weighted by Gasteiger charge is -2.34.